The molecule has 9 heteroatoms. The van der Waals surface area contributed by atoms with Crippen molar-refractivity contribution in [1.29, 1.82) is 0 Å². The summed E-state index contributed by atoms with van der Waals surface area (Å²) in [6.07, 6.45) is -1.06. The van der Waals surface area contributed by atoms with Gasteiger partial charge in [-0.1, -0.05) is 42.0 Å². The zero-order chi connectivity index (χ0) is 27.9. The van der Waals surface area contributed by atoms with Crippen LogP contribution in [0.5, 0.6) is 0 Å². The van der Waals surface area contributed by atoms with Gasteiger partial charge in [0.25, 0.3) is 5.91 Å². The van der Waals surface area contributed by atoms with Crippen LogP contribution >= 0.6 is 0 Å². The number of pyridine rings is 1. The summed E-state index contributed by atoms with van der Waals surface area (Å²) in [6.45, 7) is 5.05. The second-order valence-electron chi connectivity index (χ2n) is 10.0. The van der Waals surface area contributed by atoms with Gasteiger partial charge in [0, 0.05) is 44.5 Å². The summed E-state index contributed by atoms with van der Waals surface area (Å²) in [5.74, 6) is 0.213. The third-order valence-electron chi connectivity index (χ3n) is 7.33. The van der Waals surface area contributed by atoms with E-state index in [1.807, 2.05) is 47.9 Å². The van der Waals surface area contributed by atoms with E-state index >= 15 is 0 Å². The van der Waals surface area contributed by atoms with E-state index in [1.54, 1.807) is 29.2 Å². The fourth-order valence-electron chi connectivity index (χ4n) is 5.11. The van der Waals surface area contributed by atoms with Crippen LogP contribution in [0, 0.1) is 6.92 Å². The number of fused-ring (bicyclic) bond motifs is 1. The van der Waals surface area contributed by atoms with Gasteiger partial charge in [0.15, 0.2) is 5.76 Å². The number of hydrogen-bond acceptors (Lipinski definition) is 4. The topological polar surface area (TPSA) is 54.0 Å². The Hall–Kier alpha value is -4.37. The smallest absolute Gasteiger partial charge is 0.416 e. The lowest BCUT2D eigenvalue weighted by atomic mass is 10.0. The molecule has 5 aromatic rings. The van der Waals surface area contributed by atoms with E-state index in [1.165, 1.54) is 18.4 Å². The predicted octanol–water partition coefficient (Wildman–Crippen LogP) is 6.55. The lowest BCUT2D eigenvalue weighted by Gasteiger charge is -2.34. The van der Waals surface area contributed by atoms with Gasteiger partial charge in [-0.15, -0.1) is 0 Å². The molecule has 0 radical (unpaired) electrons. The van der Waals surface area contributed by atoms with Crippen molar-refractivity contribution in [3.63, 3.8) is 0 Å². The van der Waals surface area contributed by atoms with Gasteiger partial charge in [-0.05, 0) is 54.4 Å². The molecule has 0 atom stereocenters. The lowest BCUT2D eigenvalue weighted by molar-refractivity contribution is -0.137. The average Bonchev–Trinajstić information content (AvgIpc) is 3.62. The number of rotatable bonds is 5. The summed E-state index contributed by atoms with van der Waals surface area (Å²) in [4.78, 5) is 21.7. The molecule has 1 saturated heterocycles. The minimum Gasteiger partial charge on any atom is -0.459 e. The van der Waals surface area contributed by atoms with Crippen molar-refractivity contribution < 1.29 is 22.4 Å². The maximum atomic E-state index is 13.4. The van der Waals surface area contributed by atoms with Crippen LogP contribution in [-0.2, 0) is 12.7 Å². The molecule has 0 saturated carbocycles. The molecule has 2 aromatic carbocycles. The zero-order valence-electron chi connectivity index (χ0n) is 21.9. The van der Waals surface area contributed by atoms with Gasteiger partial charge in [0.1, 0.15) is 5.65 Å². The molecule has 1 aliphatic heterocycles. The van der Waals surface area contributed by atoms with Crippen molar-refractivity contribution in [2.45, 2.75) is 19.6 Å². The molecular formula is C31H27F3N4O2. The van der Waals surface area contributed by atoms with Crippen LogP contribution in [-0.4, -0.2) is 51.3 Å². The Balaban J connectivity index is 1.34. The van der Waals surface area contributed by atoms with Crippen LogP contribution in [0.15, 0.2) is 89.7 Å². The number of imidazole rings is 1. The molecule has 1 fully saturated rings. The van der Waals surface area contributed by atoms with E-state index in [9.17, 15) is 18.0 Å². The fraction of sp³-hybridized carbons (Fsp3) is 0.226. The molecule has 3 aromatic heterocycles. The summed E-state index contributed by atoms with van der Waals surface area (Å²) in [5, 5.41) is 0. The number of aromatic nitrogens is 2. The summed E-state index contributed by atoms with van der Waals surface area (Å²) in [6, 6.07) is 20.5. The van der Waals surface area contributed by atoms with E-state index in [0.29, 0.717) is 55.3 Å². The largest absolute Gasteiger partial charge is 0.459 e. The highest BCUT2D eigenvalue weighted by molar-refractivity contribution is 5.91. The highest BCUT2D eigenvalue weighted by Crippen LogP contribution is 2.33. The van der Waals surface area contributed by atoms with E-state index < -0.39 is 11.7 Å². The molecule has 204 valence electrons. The van der Waals surface area contributed by atoms with Gasteiger partial charge in [-0.3, -0.25) is 9.69 Å². The Morgan fingerprint density at radius 2 is 1.65 bits per heavy atom. The maximum absolute atomic E-state index is 13.4. The van der Waals surface area contributed by atoms with Gasteiger partial charge >= 0.3 is 6.18 Å². The first-order valence-corrected chi connectivity index (χ1v) is 13.1. The van der Waals surface area contributed by atoms with Crippen molar-refractivity contribution in [3.8, 4) is 22.4 Å². The van der Waals surface area contributed by atoms with Crippen LogP contribution in [0.2, 0.25) is 0 Å². The standard InChI is InChI=1S/C31H27F3N4O2/c1-21-7-9-22(10-8-21)29-26(20-36-13-15-37(16-14-36)30(39)27-6-3-17-40-27)38-19-24(11-12-28(38)35-29)23-4-2-5-25(18-23)31(32,33)34/h2-12,17-19H,13-16,20H2,1H3. The normalized spacial score (nSPS) is 14.7. The van der Waals surface area contributed by atoms with Crippen molar-refractivity contribution in [3.05, 3.63) is 108 Å². The summed E-state index contributed by atoms with van der Waals surface area (Å²) >= 11 is 0. The van der Waals surface area contributed by atoms with Crippen molar-refractivity contribution in [2.24, 2.45) is 0 Å². The third-order valence-corrected chi connectivity index (χ3v) is 7.33. The van der Waals surface area contributed by atoms with Gasteiger partial charge in [0.2, 0.25) is 0 Å². The average molecular weight is 545 g/mol. The summed E-state index contributed by atoms with van der Waals surface area (Å²) in [7, 11) is 0. The highest BCUT2D eigenvalue weighted by Gasteiger charge is 2.30. The number of carbonyl (C=O) groups excluding carboxylic acids is 1. The SMILES string of the molecule is Cc1ccc(-c2nc3ccc(-c4cccc(C(F)(F)F)c4)cn3c2CN2CCN(C(=O)c3ccco3)CC2)cc1. The van der Waals surface area contributed by atoms with Crippen molar-refractivity contribution in [2.75, 3.05) is 26.2 Å². The van der Waals surface area contributed by atoms with Gasteiger partial charge < -0.3 is 13.7 Å². The van der Waals surface area contributed by atoms with Crippen LogP contribution in [0.4, 0.5) is 13.2 Å². The van der Waals surface area contributed by atoms with Crippen molar-refractivity contribution in [1.82, 2.24) is 19.2 Å². The molecule has 0 spiro atoms. The minimum atomic E-state index is -4.42. The highest BCUT2D eigenvalue weighted by atomic mass is 19.4. The number of benzene rings is 2. The minimum absolute atomic E-state index is 0.120. The first-order chi connectivity index (χ1) is 19.3. The van der Waals surface area contributed by atoms with E-state index in [4.69, 9.17) is 9.40 Å². The van der Waals surface area contributed by atoms with Crippen LogP contribution in [0.1, 0.15) is 27.4 Å². The lowest BCUT2D eigenvalue weighted by Crippen LogP contribution is -2.48. The Bertz CT molecular complexity index is 1650. The number of furan rings is 1. The van der Waals surface area contributed by atoms with Crippen LogP contribution in [0.3, 0.4) is 0 Å². The quantitative estimate of drug-likeness (QED) is 0.252. The Morgan fingerprint density at radius 1 is 0.900 bits per heavy atom. The maximum Gasteiger partial charge on any atom is 0.416 e. The number of hydrogen-bond donors (Lipinski definition) is 0. The van der Waals surface area contributed by atoms with Gasteiger partial charge in [0.05, 0.1) is 23.2 Å². The monoisotopic (exact) mass is 544 g/mol. The Kier molecular flexibility index (Phi) is 6.67. The molecule has 6 nitrogen and oxygen atoms in total. The molecule has 0 N–H and O–H groups in total. The molecule has 40 heavy (non-hydrogen) atoms. The van der Waals surface area contributed by atoms with E-state index in [2.05, 4.69) is 4.90 Å². The van der Waals surface area contributed by atoms with E-state index in [-0.39, 0.29) is 5.91 Å². The summed E-state index contributed by atoms with van der Waals surface area (Å²) in [5.41, 5.74) is 5.06. The molecular weight excluding hydrogens is 517 g/mol. The number of alkyl halides is 3. The number of piperazine rings is 1. The van der Waals surface area contributed by atoms with E-state index in [0.717, 1.165) is 28.6 Å². The number of nitrogens with zero attached hydrogens (tertiary/aromatic N) is 4. The van der Waals surface area contributed by atoms with Crippen LogP contribution in [0.25, 0.3) is 28.0 Å². The second kappa shape index (κ2) is 10.3. The first-order valence-electron chi connectivity index (χ1n) is 13.1. The summed E-state index contributed by atoms with van der Waals surface area (Å²) < 4.78 is 47.4. The first kappa shape index (κ1) is 25.9. The molecule has 0 bridgehead atoms. The molecule has 4 heterocycles. The number of aryl methyl sites for hydroxylation is 1. The second-order valence-corrected chi connectivity index (χ2v) is 10.0. The number of carbonyl (C=O) groups is 1. The Morgan fingerprint density at radius 3 is 2.35 bits per heavy atom. The molecule has 0 unspecified atom stereocenters. The molecule has 1 amide bonds. The Labute approximate surface area is 229 Å². The van der Waals surface area contributed by atoms with Gasteiger partial charge in [-0.25, -0.2) is 4.98 Å². The number of amides is 1. The van der Waals surface area contributed by atoms with Gasteiger partial charge in [-0.2, -0.15) is 13.2 Å². The predicted molar refractivity (Wildman–Crippen MR) is 146 cm³/mol. The van der Waals surface area contributed by atoms with Crippen molar-refractivity contribution >= 4 is 11.6 Å². The fourth-order valence-corrected chi connectivity index (χ4v) is 5.11. The third kappa shape index (κ3) is 5.12. The molecule has 6 rings (SSSR count). The molecule has 1 aliphatic rings. The zero-order valence-corrected chi connectivity index (χ0v) is 21.9. The molecule has 0 aliphatic carbocycles. The number of halogens is 3. The van der Waals surface area contributed by atoms with Crippen LogP contribution < -0.4 is 0 Å².